The molecule has 1 rings (SSSR count). The number of anilines is 2. The maximum atomic E-state index is 13.6. The van der Waals surface area contributed by atoms with Crippen molar-refractivity contribution in [1.82, 2.24) is 14.9 Å². The van der Waals surface area contributed by atoms with Gasteiger partial charge in [-0.05, 0) is 46.7 Å². The fraction of sp³-hybridized carbons (Fsp3) is 0.733. The molecule has 1 aromatic rings. The molecule has 0 aliphatic rings. The predicted octanol–water partition coefficient (Wildman–Crippen LogP) is 2.97. The largest absolute Gasteiger partial charge is 0.367 e. The fourth-order valence-corrected chi connectivity index (χ4v) is 1.76. The van der Waals surface area contributed by atoms with Crippen molar-refractivity contribution in [3.63, 3.8) is 0 Å². The van der Waals surface area contributed by atoms with Crippen molar-refractivity contribution in [3.05, 3.63) is 12.0 Å². The Balaban J connectivity index is 2.34. The van der Waals surface area contributed by atoms with Crippen molar-refractivity contribution in [3.8, 4) is 0 Å². The number of nitrogens with one attached hydrogen (secondary N) is 2. The number of nitrogens with zero attached hydrogens (tertiary/aromatic N) is 3. The molecule has 0 bridgehead atoms. The molecular weight excluding hydrogens is 269 g/mol. The second-order valence-corrected chi connectivity index (χ2v) is 5.53. The molecule has 5 nitrogen and oxygen atoms in total. The SMILES string of the molecule is CCCNc1ncc(F)c(NCCCCN(C)C(C)C)n1. The van der Waals surface area contributed by atoms with E-state index in [0.717, 1.165) is 32.4 Å². The molecule has 1 aromatic heterocycles. The lowest BCUT2D eigenvalue weighted by Crippen LogP contribution is -2.27. The minimum Gasteiger partial charge on any atom is -0.367 e. The highest BCUT2D eigenvalue weighted by Gasteiger charge is 2.06. The smallest absolute Gasteiger partial charge is 0.224 e. The number of hydrogen-bond acceptors (Lipinski definition) is 5. The van der Waals surface area contributed by atoms with Crippen LogP contribution in [0.3, 0.4) is 0 Å². The lowest BCUT2D eigenvalue weighted by Gasteiger charge is -2.20. The van der Waals surface area contributed by atoms with Gasteiger partial charge in [-0.2, -0.15) is 4.98 Å². The molecule has 2 N–H and O–H groups in total. The summed E-state index contributed by atoms with van der Waals surface area (Å²) in [6, 6.07) is 0.560. The minimum atomic E-state index is -0.406. The van der Waals surface area contributed by atoms with Crippen LogP contribution in [0, 0.1) is 5.82 Å². The molecule has 0 spiro atoms. The summed E-state index contributed by atoms with van der Waals surface area (Å²) in [6.45, 7) is 8.97. The van der Waals surface area contributed by atoms with E-state index in [1.165, 1.54) is 6.20 Å². The van der Waals surface area contributed by atoms with Crippen molar-refractivity contribution in [1.29, 1.82) is 0 Å². The van der Waals surface area contributed by atoms with Gasteiger partial charge in [0.05, 0.1) is 6.20 Å². The van der Waals surface area contributed by atoms with Crippen molar-refractivity contribution < 1.29 is 4.39 Å². The first-order chi connectivity index (χ1) is 10.0. The van der Waals surface area contributed by atoms with Crippen LogP contribution < -0.4 is 10.6 Å². The summed E-state index contributed by atoms with van der Waals surface area (Å²) in [5.41, 5.74) is 0. The highest BCUT2D eigenvalue weighted by molar-refractivity contribution is 5.40. The van der Waals surface area contributed by atoms with Gasteiger partial charge in [-0.25, -0.2) is 9.37 Å². The molecule has 0 atom stereocenters. The summed E-state index contributed by atoms with van der Waals surface area (Å²) < 4.78 is 13.6. The van der Waals surface area contributed by atoms with Crippen LogP contribution in [0.5, 0.6) is 0 Å². The highest BCUT2D eigenvalue weighted by atomic mass is 19.1. The number of unbranched alkanes of at least 4 members (excludes halogenated alkanes) is 1. The second kappa shape index (κ2) is 9.50. The van der Waals surface area contributed by atoms with Gasteiger partial charge in [0.2, 0.25) is 5.95 Å². The quantitative estimate of drug-likeness (QED) is 0.650. The summed E-state index contributed by atoms with van der Waals surface area (Å²) in [7, 11) is 2.12. The molecule has 0 unspecified atom stereocenters. The molecule has 0 amide bonds. The van der Waals surface area contributed by atoms with Crippen LogP contribution >= 0.6 is 0 Å². The van der Waals surface area contributed by atoms with E-state index in [-0.39, 0.29) is 5.82 Å². The fourth-order valence-electron chi connectivity index (χ4n) is 1.76. The van der Waals surface area contributed by atoms with E-state index in [9.17, 15) is 4.39 Å². The Bertz CT molecular complexity index is 411. The summed E-state index contributed by atoms with van der Waals surface area (Å²) >= 11 is 0. The number of halogens is 1. The van der Waals surface area contributed by atoms with Crippen LogP contribution in [0.25, 0.3) is 0 Å². The van der Waals surface area contributed by atoms with Crippen LogP contribution in [-0.4, -0.2) is 47.6 Å². The first-order valence-corrected chi connectivity index (χ1v) is 7.75. The summed E-state index contributed by atoms with van der Waals surface area (Å²) in [5, 5.41) is 6.10. The van der Waals surface area contributed by atoms with Crippen molar-refractivity contribution >= 4 is 11.8 Å². The molecule has 0 aliphatic heterocycles. The van der Waals surface area contributed by atoms with Gasteiger partial charge in [0.1, 0.15) is 0 Å². The zero-order valence-electron chi connectivity index (χ0n) is 13.6. The lowest BCUT2D eigenvalue weighted by molar-refractivity contribution is 0.269. The third kappa shape index (κ3) is 6.71. The van der Waals surface area contributed by atoms with E-state index in [1.807, 2.05) is 0 Å². The van der Waals surface area contributed by atoms with Crippen LogP contribution in [0.2, 0.25) is 0 Å². The first kappa shape index (κ1) is 17.6. The molecule has 0 saturated heterocycles. The molecule has 1 heterocycles. The van der Waals surface area contributed by atoms with Crippen molar-refractivity contribution in [2.45, 2.75) is 46.1 Å². The maximum Gasteiger partial charge on any atom is 0.224 e. The number of rotatable bonds is 10. The van der Waals surface area contributed by atoms with Crippen molar-refractivity contribution in [2.75, 3.05) is 37.3 Å². The first-order valence-electron chi connectivity index (χ1n) is 7.75. The third-order valence-electron chi connectivity index (χ3n) is 3.39. The van der Waals surface area contributed by atoms with Crippen LogP contribution in [0.4, 0.5) is 16.2 Å². The predicted molar refractivity (Wildman–Crippen MR) is 86.3 cm³/mol. The molecule has 0 fully saturated rings. The Hall–Kier alpha value is -1.43. The van der Waals surface area contributed by atoms with E-state index in [2.05, 4.69) is 53.3 Å². The lowest BCUT2D eigenvalue weighted by atomic mass is 10.2. The number of hydrogen-bond donors (Lipinski definition) is 2. The zero-order valence-corrected chi connectivity index (χ0v) is 13.6. The minimum absolute atomic E-state index is 0.279. The zero-order chi connectivity index (χ0) is 15.7. The number of aromatic nitrogens is 2. The Morgan fingerprint density at radius 2 is 2.00 bits per heavy atom. The van der Waals surface area contributed by atoms with Gasteiger partial charge in [-0.1, -0.05) is 6.92 Å². The Labute approximate surface area is 127 Å². The van der Waals surface area contributed by atoms with E-state index in [0.29, 0.717) is 18.5 Å². The van der Waals surface area contributed by atoms with Gasteiger partial charge < -0.3 is 15.5 Å². The standard InChI is InChI=1S/C15H28FN5/c1-5-8-18-15-19-11-13(16)14(20-15)17-9-6-7-10-21(4)12(2)3/h11-12H,5-10H2,1-4H3,(H2,17,18,19,20). The molecule has 21 heavy (non-hydrogen) atoms. The molecule has 0 radical (unpaired) electrons. The van der Waals surface area contributed by atoms with Crippen LogP contribution in [0.1, 0.15) is 40.0 Å². The molecule has 6 heteroatoms. The van der Waals surface area contributed by atoms with Crippen LogP contribution in [-0.2, 0) is 0 Å². The summed E-state index contributed by atoms with van der Waals surface area (Å²) in [6.07, 6.45) is 4.25. The Morgan fingerprint density at radius 3 is 2.67 bits per heavy atom. The Morgan fingerprint density at radius 1 is 1.24 bits per heavy atom. The average Bonchev–Trinajstić information content (AvgIpc) is 2.46. The third-order valence-corrected chi connectivity index (χ3v) is 3.39. The van der Waals surface area contributed by atoms with Crippen molar-refractivity contribution in [2.24, 2.45) is 0 Å². The maximum absolute atomic E-state index is 13.6. The van der Waals surface area contributed by atoms with Gasteiger partial charge in [-0.3, -0.25) is 0 Å². The van der Waals surface area contributed by atoms with Gasteiger partial charge in [0.15, 0.2) is 11.6 Å². The second-order valence-electron chi connectivity index (χ2n) is 5.53. The monoisotopic (exact) mass is 297 g/mol. The van der Waals surface area contributed by atoms with E-state index in [4.69, 9.17) is 0 Å². The summed E-state index contributed by atoms with van der Waals surface area (Å²) in [5.74, 6) is 0.345. The molecule has 120 valence electrons. The van der Waals surface area contributed by atoms with E-state index >= 15 is 0 Å². The van der Waals surface area contributed by atoms with Gasteiger partial charge in [-0.15, -0.1) is 0 Å². The van der Waals surface area contributed by atoms with Gasteiger partial charge in [0, 0.05) is 19.1 Å². The van der Waals surface area contributed by atoms with E-state index < -0.39 is 5.82 Å². The average molecular weight is 297 g/mol. The van der Waals surface area contributed by atoms with Crippen LogP contribution in [0.15, 0.2) is 6.20 Å². The molecule has 0 aromatic carbocycles. The highest BCUT2D eigenvalue weighted by Crippen LogP contribution is 2.12. The Kier molecular flexibility index (Phi) is 7.97. The van der Waals surface area contributed by atoms with Gasteiger partial charge >= 0.3 is 0 Å². The van der Waals surface area contributed by atoms with Gasteiger partial charge in [0.25, 0.3) is 0 Å². The topological polar surface area (TPSA) is 53.1 Å². The molecule has 0 aliphatic carbocycles. The van der Waals surface area contributed by atoms with E-state index in [1.54, 1.807) is 0 Å². The summed E-state index contributed by atoms with van der Waals surface area (Å²) in [4.78, 5) is 10.4. The molecular formula is C15H28FN5. The molecule has 0 saturated carbocycles. The normalized spacial score (nSPS) is 11.2.